The average Bonchev–Trinajstić information content (AvgIpc) is 2.52. The van der Waals surface area contributed by atoms with Crippen LogP contribution in [0.5, 0.6) is 0 Å². The van der Waals surface area contributed by atoms with Crippen LogP contribution in [-0.2, 0) is 9.59 Å². The highest BCUT2D eigenvalue weighted by Gasteiger charge is 2.51. The van der Waals surface area contributed by atoms with Crippen LogP contribution in [0.15, 0.2) is 41.9 Å². The summed E-state index contributed by atoms with van der Waals surface area (Å²) in [6.07, 6.45) is 6.87. The first-order valence-corrected chi connectivity index (χ1v) is 7.39. The van der Waals surface area contributed by atoms with Gasteiger partial charge >= 0.3 is 5.97 Å². The zero-order valence-electron chi connectivity index (χ0n) is 11.0. The number of fused-ring (bicyclic) bond motifs is 1. The van der Waals surface area contributed by atoms with E-state index in [4.69, 9.17) is 5.73 Å². The largest absolute Gasteiger partial charge is 0.477 e. The minimum Gasteiger partial charge on any atom is -0.477 e. The summed E-state index contributed by atoms with van der Waals surface area (Å²) in [6, 6.07) is 3.04. The van der Waals surface area contributed by atoms with Gasteiger partial charge in [0.15, 0.2) is 0 Å². The second-order valence-electron chi connectivity index (χ2n) is 4.73. The number of aliphatic carboxylic acids is 1. The highest BCUT2D eigenvalue weighted by molar-refractivity contribution is 8.00. The summed E-state index contributed by atoms with van der Waals surface area (Å²) in [6.45, 7) is 0. The number of carboxylic acids is 1. The van der Waals surface area contributed by atoms with Gasteiger partial charge in [-0.25, -0.2) is 4.79 Å². The maximum absolute atomic E-state index is 11.8. The lowest BCUT2D eigenvalue weighted by molar-refractivity contribution is -0.147. The molecule has 108 valence electrons. The van der Waals surface area contributed by atoms with Crippen molar-refractivity contribution in [2.75, 3.05) is 5.75 Å². The van der Waals surface area contributed by atoms with Crippen LogP contribution in [0.1, 0.15) is 5.56 Å². The Kier molecular flexibility index (Phi) is 3.52. The van der Waals surface area contributed by atoms with Crippen LogP contribution in [0.4, 0.5) is 0 Å². The standard InChI is InChI=1S/C14H13N3O3S/c15-10-12(18)17-11(14(19)20)9(7-21-13(10)17)2-1-8-3-5-16-6-4-8/h1-6,10,13H,7,15H2,(H,19,20)/b2-1+/t10-,13-/m1/s1. The molecule has 2 aliphatic rings. The fourth-order valence-corrected chi connectivity index (χ4v) is 3.60. The highest BCUT2D eigenvalue weighted by atomic mass is 32.2. The van der Waals surface area contributed by atoms with Crippen LogP contribution >= 0.6 is 11.8 Å². The molecule has 0 radical (unpaired) electrons. The van der Waals surface area contributed by atoms with Gasteiger partial charge in [-0.05, 0) is 23.3 Å². The fraction of sp³-hybridized carbons (Fsp3) is 0.214. The topological polar surface area (TPSA) is 96.5 Å². The normalized spacial score (nSPS) is 25.0. The molecule has 0 aliphatic carbocycles. The third-order valence-electron chi connectivity index (χ3n) is 3.42. The van der Waals surface area contributed by atoms with E-state index < -0.39 is 12.0 Å². The van der Waals surface area contributed by atoms with Crippen LogP contribution in [-0.4, -0.2) is 44.0 Å². The van der Waals surface area contributed by atoms with Gasteiger partial charge in [0.1, 0.15) is 17.1 Å². The third kappa shape index (κ3) is 2.34. The van der Waals surface area contributed by atoms with E-state index in [0.29, 0.717) is 11.3 Å². The van der Waals surface area contributed by atoms with Gasteiger partial charge in [-0.3, -0.25) is 14.7 Å². The fourth-order valence-electron chi connectivity index (χ4n) is 2.34. The molecular weight excluding hydrogens is 290 g/mol. The summed E-state index contributed by atoms with van der Waals surface area (Å²) >= 11 is 1.48. The smallest absolute Gasteiger partial charge is 0.352 e. The van der Waals surface area contributed by atoms with E-state index in [1.807, 2.05) is 18.2 Å². The number of amides is 1. The van der Waals surface area contributed by atoms with Crippen LogP contribution < -0.4 is 5.73 Å². The zero-order chi connectivity index (χ0) is 15.0. The maximum atomic E-state index is 11.8. The van der Waals surface area contributed by atoms with E-state index in [0.717, 1.165) is 5.56 Å². The van der Waals surface area contributed by atoms with E-state index in [2.05, 4.69) is 4.98 Å². The molecule has 7 heteroatoms. The van der Waals surface area contributed by atoms with Crippen molar-refractivity contribution in [3.05, 3.63) is 47.4 Å². The van der Waals surface area contributed by atoms with Gasteiger partial charge in [0.25, 0.3) is 0 Å². The zero-order valence-corrected chi connectivity index (χ0v) is 11.8. The predicted molar refractivity (Wildman–Crippen MR) is 79.0 cm³/mol. The minimum absolute atomic E-state index is 0.0377. The first kappa shape index (κ1) is 13.8. The molecule has 3 rings (SSSR count). The Balaban J connectivity index is 1.93. The second kappa shape index (κ2) is 5.34. The number of allylic oxidation sites excluding steroid dienone is 1. The molecule has 1 aromatic rings. The number of nitrogens with zero attached hydrogens (tertiary/aromatic N) is 2. The summed E-state index contributed by atoms with van der Waals surface area (Å²) in [5.41, 5.74) is 7.26. The molecule has 1 aromatic heterocycles. The molecule has 0 aromatic carbocycles. The quantitative estimate of drug-likeness (QED) is 0.797. The van der Waals surface area contributed by atoms with E-state index >= 15 is 0 Å². The average molecular weight is 303 g/mol. The molecule has 3 heterocycles. The number of carbonyl (C=O) groups excluding carboxylic acids is 1. The van der Waals surface area contributed by atoms with Gasteiger partial charge in [-0.2, -0.15) is 0 Å². The molecule has 6 nitrogen and oxygen atoms in total. The molecule has 2 atom stereocenters. The van der Waals surface area contributed by atoms with Gasteiger partial charge in [-0.1, -0.05) is 12.2 Å². The number of aromatic nitrogens is 1. The second-order valence-corrected chi connectivity index (χ2v) is 5.83. The van der Waals surface area contributed by atoms with E-state index in [1.165, 1.54) is 16.7 Å². The monoisotopic (exact) mass is 303 g/mol. The number of rotatable bonds is 3. The van der Waals surface area contributed by atoms with Crippen molar-refractivity contribution in [3.63, 3.8) is 0 Å². The molecule has 21 heavy (non-hydrogen) atoms. The summed E-state index contributed by atoms with van der Waals surface area (Å²) in [5, 5.41) is 9.12. The van der Waals surface area contributed by atoms with E-state index in [1.54, 1.807) is 18.5 Å². The summed E-state index contributed by atoms with van der Waals surface area (Å²) in [5.74, 6) is -0.917. The highest BCUT2D eigenvalue weighted by Crippen LogP contribution is 2.39. The van der Waals surface area contributed by atoms with Crippen LogP contribution in [0.2, 0.25) is 0 Å². The number of pyridine rings is 1. The van der Waals surface area contributed by atoms with E-state index in [9.17, 15) is 14.7 Å². The minimum atomic E-state index is -1.10. The lowest BCUT2D eigenvalue weighted by Crippen LogP contribution is -2.68. The van der Waals surface area contributed by atoms with Gasteiger partial charge in [-0.15, -0.1) is 11.8 Å². The van der Waals surface area contributed by atoms with Crippen LogP contribution in [0, 0.1) is 0 Å². The van der Waals surface area contributed by atoms with Gasteiger partial charge in [0.2, 0.25) is 5.91 Å². The Morgan fingerprint density at radius 3 is 2.81 bits per heavy atom. The third-order valence-corrected chi connectivity index (χ3v) is 4.75. The number of thioether (sulfide) groups is 1. The SMILES string of the molecule is N[C@@H]1C(=O)N2C(C(=O)O)=C(/C=C/c3ccncc3)CS[C@H]12. The molecule has 3 N–H and O–H groups in total. The number of hydrogen-bond donors (Lipinski definition) is 2. The number of hydrogen-bond acceptors (Lipinski definition) is 5. The maximum Gasteiger partial charge on any atom is 0.352 e. The molecule has 1 saturated heterocycles. The van der Waals surface area contributed by atoms with Crippen molar-refractivity contribution >= 4 is 29.7 Å². The molecule has 2 aliphatic heterocycles. The van der Waals surface area contributed by atoms with Crippen molar-refractivity contribution in [2.24, 2.45) is 5.73 Å². The van der Waals surface area contributed by atoms with Crippen molar-refractivity contribution < 1.29 is 14.7 Å². The predicted octanol–water partition coefficient (Wildman–Crippen LogP) is 0.676. The molecule has 0 bridgehead atoms. The van der Waals surface area contributed by atoms with Gasteiger partial charge < -0.3 is 10.8 Å². The Labute approximate surface area is 125 Å². The lowest BCUT2D eigenvalue weighted by atomic mass is 10.0. The molecule has 0 saturated carbocycles. The molecule has 0 unspecified atom stereocenters. The first-order valence-electron chi connectivity index (χ1n) is 6.34. The number of carboxylic acid groups (broad SMARTS) is 1. The molecule has 0 spiro atoms. The number of carbonyl (C=O) groups is 2. The molecule has 1 amide bonds. The Morgan fingerprint density at radius 2 is 2.14 bits per heavy atom. The lowest BCUT2D eigenvalue weighted by Gasteiger charge is -2.47. The van der Waals surface area contributed by atoms with Gasteiger partial charge in [0, 0.05) is 18.1 Å². The summed E-state index contributed by atoms with van der Waals surface area (Å²) in [4.78, 5) is 28.5. The van der Waals surface area contributed by atoms with Crippen molar-refractivity contribution in [3.8, 4) is 0 Å². The summed E-state index contributed by atoms with van der Waals surface area (Å²) in [7, 11) is 0. The Morgan fingerprint density at radius 1 is 1.43 bits per heavy atom. The molecular formula is C14H13N3O3S. The molecule has 1 fully saturated rings. The Bertz CT molecular complexity index is 657. The van der Waals surface area contributed by atoms with Crippen molar-refractivity contribution in [1.29, 1.82) is 0 Å². The van der Waals surface area contributed by atoms with Crippen LogP contribution in [0.3, 0.4) is 0 Å². The Hall–Kier alpha value is -2.12. The van der Waals surface area contributed by atoms with E-state index in [-0.39, 0.29) is 17.0 Å². The van der Waals surface area contributed by atoms with Crippen molar-refractivity contribution in [1.82, 2.24) is 9.88 Å². The first-order chi connectivity index (χ1) is 10.1. The van der Waals surface area contributed by atoms with Gasteiger partial charge in [0.05, 0.1) is 0 Å². The number of nitrogens with two attached hydrogens (primary N) is 1. The van der Waals surface area contributed by atoms with Crippen molar-refractivity contribution in [2.45, 2.75) is 11.4 Å². The summed E-state index contributed by atoms with van der Waals surface area (Å²) < 4.78 is 0. The number of β-lactam (4-membered cyclic amide) rings is 1. The van der Waals surface area contributed by atoms with Crippen LogP contribution in [0.25, 0.3) is 6.08 Å².